The van der Waals surface area contributed by atoms with Crippen LogP contribution in [0.15, 0.2) is 24.3 Å². The van der Waals surface area contributed by atoms with Crippen molar-refractivity contribution in [2.24, 2.45) is 5.73 Å². The smallest absolute Gasteiger partial charge is 0.162 e. The highest BCUT2D eigenvalue weighted by Gasteiger charge is 2.25. The van der Waals surface area contributed by atoms with Gasteiger partial charge in [-0.2, -0.15) is 0 Å². The summed E-state index contributed by atoms with van der Waals surface area (Å²) < 4.78 is 10.9. The van der Waals surface area contributed by atoms with E-state index in [1.165, 1.54) is 0 Å². The van der Waals surface area contributed by atoms with E-state index in [4.69, 9.17) is 15.2 Å². The maximum absolute atomic E-state index is 9.56. The van der Waals surface area contributed by atoms with Crippen molar-refractivity contribution in [1.82, 2.24) is 0 Å². The van der Waals surface area contributed by atoms with Gasteiger partial charge in [-0.3, -0.25) is 0 Å². The fraction of sp³-hybridized carbons (Fsp3) is 0.455. The maximum atomic E-state index is 9.56. The summed E-state index contributed by atoms with van der Waals surface area (Å²) in [6, 6.07) is 7.19. The number of benzene rings is 1. The SMILES string of the molecule is NCC1COC(Cc2ccccc2O)O1. The highest BCUT2D eigenvalue weighted by atomic mass is 16.7. The Morgan fingerprint density at radius 2 is 2.20 bits per heavy atom. The zero-order valence-corrected chi connectivity index (χ0v) is 8.43. The monoisotopic (exact) mass is 209 g/mol. The van der Waals surface area contributed by atoms with E-state index in [-0.39, 0.29) is 18.1 Å². The highest BCUT2D eigenvalue weighted by molar-refractivity contribution is 5.32. The molecule has 3 N–H and O–H groups in total. The average Bonchev–Trinajstić information content (AvgIpc) is 2.69. The first-order valence-electron chi connectivity index (χ1n) is 5.03. The van der Waals surface area contributed by atoms with Gasteiger partial charge in [0.25, 0.3) is 0 Å². The minimum atomic E-state index is -0.285. The van der Waals surface area contributed by atoms with Crippen LogP contribution in [0.4, 0.5) is 0 Å². The number of ether oxygens (including phenoxy) is 2. The third kappa shape index (κ3) is 2.47. The second kappa shape index (κ2) is 4.61. The Kier molecular flexibility index (Phi) is 3.20. The normalized spacial score (nSPS) is 25.7. The standard InChI is InChI=1S/C11H15NO3/c12-6-9-7-14-11(15-9)5-8-3-1-2-4-10(8)13/h1-4,9,11,13H,5-7,12H2. The summed E-state index contributed by atoms with van der Waals surface area (Å²) in [5.41, 5.74) is 6.30. The van der Waals surface area contributed by atoms with E-state index in [9.17, 15) is 5.11 Å². The zero-order valence-electron chi connectivity index (χ0n) is 8.43. The first kappa shape index (κ1) is 10.4. The van der Waals surface area contributed by atoms with Crippen molar-refractivity contribution < 1.29 is 14.6 Å². The van der Waals surface area contributed by atoms with Gasteiger partial charge in [-0.25, -0.2) is 0 Å². The van der Waals surface area contributed by atoms with Gasteiger partial charge in [0, 0.05) is 13.0 Å². The topological polar surface area (TPSA) is 64.7 Å². The molecule has 0 bridgehead atoms. The Bertz CT molecular complexity index is 329. The Morgan fingerprint density at radius 1 is 1.40 bits per heavy atom. The van der Waals surface area contributed by atoms with Crippen molar-refractivity contribution in [3.8, 4) is 5.75 Å². The van der Waals surface area contributed by atoms with Gasteiger partial charge in [0.15, 0.2) is 6.29 Å². The second-order valence-electron chi connectivity index (χ2n) is 3.59. The van der Waals surface area contributed by atoms with Crippen LogP contribution in [0.2, 0.25) is 0 Å². The molecule has 1 aliphatic heterocycles. The van der Waals surface area contributed by atoms with Crippen molar-refractivity contribution in [2.75, 3.05) is 13.2 Å². The summed E-state index contributed by atoms with van der Waals surface area (Å²) in [5.74, 6) is 0.279. The number of hydrogen-bond donors (Lipinski definition) is 2. The summed E-state index contributed by atoms with van der Waals surface area (Å²) in [5, 5.41) is 9.56. The number of hydrogen-bond acceptors (Lipinski definition) is 4. The van der Waals surface area contributed by atoms with Crippen molar-refractivity contribution in [3.63, 3.8) is 0 Å². The molecule has 1 aromatic carbocycles. The molecular weight excluding hydrogens is 194 g/mol. The fourth-order valence-corrected chi connectivity index (χ4v) is 1.60. The first-order chi connectivity index (χ1) is 7.29. The maximum Gasteiger partial charge on any atom is 0.162 e. The van der Waals surface area contributed by atoms with Gasteiger partial charge < -0.3 is 20.3 Å². The molecule has 4 nitrogen and oxygen atoms in total. The average molecular weight is 209 g/mol. The molecule has 15 heavy (non-hydrogen) atoms. The van der Waals surface area contributed by atoms with E-state index in [0.717, 1.165) is 5.56 Å². The van der Waals surface area contributed by atoms with Crippen LogP contribution in [-0.2, 0) is 15.9 Å². The lowest BCUT2D eigenvalue weighted by Gasteiger charge is -2.11. The summed E-state index contributed by atoms with van der Waals surface area (Å²) in [6.07, 6.45) is 0.260. The molecule has 1 aromatic rings. The first-order valence-corrected chi connectivity index (χ1v) is 5.03. The largest absolute Gasteiger partial charge is 0.508 e. The van der Waals surface area contributed by atoms with Crippen molar-refractivity contribution in [3.05, 3.63) is 29.8 Å². The zero-order chi connectivity index (χ0) is 10.7. The molecule has 1 fully saturated rings. The molecule has 2 rings (SSSR count). The van der Waals surface area contributed by atoms with E-state index in [2.05, 4.69) is 0 Å². The Labute approximate surface area is 88.6 Å². The molecule has 2 unspecified atom stereocenters. The number of rotatable bonds is 3. The fourth-order valence-electron chi connectivity index (χ4n) is 1.60. The number of para-hydroxylation sites is 1. The predicted molar refractivity (Wildman–Crippen MR) is 55.5 cm³/mol. The van der Waals surface area contributed by atoms with E-state index in [0.29, 0.717) is 19.6 Å². The number of phenolic OH excluding ortho intramolecular Hbond substituents is 1. The van der Waals surface area contributed by atoms with Gasteiger partial charge in [-0.15, -0.1) is 0 Å². The van der Waals surface area contributed by atoms with E-state index >= 15 is 0 Å². The van der Waals surface area contributed by atoms with Crippen LogP contribution in [0.5, 0.6) is 5.75 Å². The lowest BCUT2D eigenvalue weighted by molar-refractivity contribution is -0.0544. The van der Waals surface area contributed by atoms with Gasteiger partial charge in [-0.05, 0) is 11.6 Å². The molecule has 0 spiro atoms. The minimum absolute atomic E-state index is 0.0131. The molecule has 0 amide bonds. The second-order valence-corrected chi connectivity index (χ2v) is 3.59. The van der Waals surface area contributed by atoms with Gasteiger partial charge in [-0.1, -0.05) is 18.2 Å². The molecule has 1 aliphatic rings. The molecular formula is C11H15NO3. The van der Waals surface area contributed by atoms with Crippen LogP contribution in [0.25, 0.3) is 0 Å². The van der Waals surface area contributed by atoms with Crippen molar-refractivity contribution in [1.29, 1.82) is 0 Å². The third-order valence-electron chi connectivity index (χ3n) is 2.45. The summed E-state index contributed by atoms with van der Waals surface area (Å²) in [4.78, 5) is 0. The van der Waals surface area contributed by atoms with E-state index in [1.807, 2.05) is 12.1 Å². The highest BCUT2D eigenvalue weighted by Crippen LogP contribution is 2.21. The Morgan fingerprint density at radius 3 is 2.87 bits per heavy atom. The van der Waals surface area contributed by atoms with Crippen LogP contribution in [0, 0.1) is 0 Å². The molecule has 0 aromatic heterocycles. The third-order valence-corrected chi connectivity index (χ3v) is 2.45. The molecule has 1 saturated heterocycles. The molecule has 0 saturated carbocycles. The molecule has 1 heterocycles. The van der Waals surface area contributed by atoms with Crippen LogP contribution in [0.1, 0.15) is 5.56 Å². The molecule has 4 heteroatoms. The Balaban J connectivity index is 1.96. The van der Waals surface area contributed by atoms with Gasteiger partial charge in [0.1, 0.15) is 5.75 Å². The summed E-state index contributed by atoms with van der Waals surface area (Å²) >= 11 is 0. The van der Waals surface area contributed by atoms with Gasteiger partial charge in [0.2, 0.25) is 0 Å². The van der Waals surface area contributed by atoms with Crippen molar-refractivity contribution in [2.45, 2.75) is 18.8 Å². The van der Waals surface area contributed by atoms with Crippen LogP contribution < -0.4 is 5.73 Å². The summed E-state index contributed by atoms with van der Waals surface area (Å²) in [7, 11) is 0. The minimum Gasteiger partial charge on any atom is -0.508 e. The lowest BCUT2D eigenvalue weighted by Crippen LogP contribution is -2.23. The molecule has 2 atom stereocenters. The van der Waals surface area contributed by atoms with Gasteiger partial charge in [0.05, 0.1) is 12.7 Å². The molecule has 0 aliphatic carbocycles. The Hall–Kier alpha value is -1.10. The predicted octanol–water partition coefficient (Wildman–Crippen LogP) is 0.635. The van der Waals surface area contributed by atoms with E-state index in [1.54, 1.807) is 12.1 Å². The number of aromatic hydroxyl groups is 1. The van der Waals surface area contributed by atoms with E-state index < -0.39 is 0 Å². The van der Waals surface area contributed by atoms with Crippen LogP contribution in [-0.4, -0.2) is 30.7 Å². The molecule has 0 radical (unpaired) electrons. The summed E-state index contributed by atoms with van der Waals surface area (Å²) in [6.45, 7) is 1.01. The van der Waals surface area contributed by atoms with Crippen LogP contribution >= 0.6 is 0 Å². The molecule has 82 valence electrons. The van der Waals surface area contributed by atoms with Crippen LogP contribution in [0.3, 0.4) is 0 Å². The van der Waals surface area contributed by atoms with Gasteiger partial charge >= 0.3 is 0 Å². The lowest BCUT2D eigenvalue weighted by atomic mass is 10.1. The van der Waals surface area contributed by atoms with Crippen molar-refractivity contribution >= 4 is 0 Å². The number of nitrogens with two attached hydrogens (primary N) is 1. The quantitative estimate of drug-likeness (QED) is 0.766. The number of phenols is 1.